The van der Waals surface area contributed by atoms with Gasteiger partial charge in [0.25, 0.3) is 0 Å². The maximum absolute atomic E-state index is 5.54. The summed E-state index contributed by atoms with van der Waals surface area (Å²) < 4.78 is 0. The fraction of sp³-hybridized carbons (Fsp3) is 0.500. The highest BCUT2D eigenvalue weighted by Crippen LogP contribution is 2.17. The van der Waals surface area contributed by atoms with Crippen LogP contribution in [0.25, 0.3) is 0 Å². The van der Waals surface area contributed by atoms with Gasteiger partial charge < -0.3 is 10.6 Å². The van der Waals surface area contributed by atoms with E-state index in [1.807, 2.05) is 12.1 Å². The molecule has 1 aliphatic rings. The maximum Gasteiger partial charge on any atom is 0.128 e. The fourth-order valence-corrected chi connectivity index (χ4v) is 1.70. The van der Waals surface area contributed by atoms with Gasteiger partial charge in [0.1, 0.15) is 5.82 Å². The zero-order valence-corrected chi connectivity index (χ0v) is 8.96. The second kappa shape index (κ2) is 5.17. The van der Waals surface area contributed by atoms with Gasteiger partial charge in [0.2, 0.25) is 0 Å². The van der Waals surface area contributed by atoms with E-state index < -0.39 is 0 Å². The molecule has 0 saturated carbocycles. The predicted molar refractivity (Wildman–Crippen MR) is 60.8 cm³/mol. The Morgan fingerprint density at radius 1 is 1.29 bits per heavy atom. The van der Waals surface area contributed by atoms with Gasteiger partial charge in [-0.05, 0) is 25.0 Å². The molecule has 0 unspecified atom stereocenters. The minimum absolute atomic E-state index is 0. The zero-order chi connectivity index (χ0) is 9.10. The smallest absolute Gasteiger partial charge is 0.128 e. The van der Waals surface area contributed by atoms with Crippen LogP contribution in [0.2, 0.25) is 0 Å². The van der Waals surface area contributed by atoms with Crippen molar-refractivity contribution >= 4 is 18.2 Å². The van der Waals surface area contributed by atoms with Crippen LogP contribution in [-0.4, -0.2) is 18.1 Å². The quantitative estimate of drug-likeness (QED) is 0.811. The van der Waals surface area contributed by atoms with Crippen molar-refractivity contribution in [2.45, 2.75) is 19.4 Å². The van der Waals surface area contributed by atoms with Crippen LogP contribution in [0, 0.1) is 0 Å². The lowest BCUT2D eigenvalue weighted by atomic mass is 10.3. The molecule has 4 heteroatoms. The number of aromatic nitrogens is 1. The van der Waals surface area contributed by atoms with Crippen molar-refractivity contribution in [3.05, 3.63) is 23.9 Å². The summed E-state index contributed by atoms with van der Waals surface area (Å²) in [4.78, 5) is 6.79. The molecule has 2 heterocycles. The largest absolute Gasteiger partial charge is 0.357 e. The molecule has 0 aliphatic carbocycles. The molecule has 0 spiro atoms. The number of hydrogen-bond acceptors (Lipinski definition) is 3. The number of hydrogen-bond donors (Lipinski definition) is 1. The molecule has 1 aromatic heterocycles. The minimum Gasteiger partial charge on any atom is -0.357 e. The number of pyridine rings is 1. The van der Waals surface area contributed by atoms with E-state index in [2.05, 4.69) is 16.0 Å². The summed E-state index contributed by atoms with van der Waals surface area (Å²) in [6, 6.07) is 6.06. The SMILES string of the molecule is Cl.NCc1cccc(N2CCCC2)n1. The van der Waals surface area contributed by atoms with E-state index in [4.69, 9.17) is 5.73 Å². The lowest BCUT2D eigenvalue weighted by Gasteiger charge is -2.16. The molecule has 1 aliphatic heterocycles. The molecule has 0 aromatic carbocycles. The molecule has 0 radical (unpaired) electrons. The summed E-state index contributed by atoms with van der Waals surface area (Å²) in [5, 5.41) is 0. The third-order valence-corrected chi connectivity index (χ3v) is 2.43. The number of nitrogens with two attached hydrogens (primary N) is 1. The van der Waals surface area contributed by atoms with Gasteiger partial charge in [-0.3, -0.25) is 0 Å². The van der Waals surface area contributed by atoms with Gasteiger partial charge in [-0.1, -0.05) is 6.07 Å². The van der Waals surface area contributed by atoms with E-state index in [9.17, 15) is 0 Å². The lowest BCUT2D eigenvalue weighted by molar-refractivity contribution is 0.906. The molecule has 0 amide bonds. The topological polar surface area (TPSA) is 42.1 Å². The van der Waals surface area contributed by atoms with E-state index >= 15 is 0 Å². The molecule has 2 rings (SSSR count). The number of anilines is 1. The highest BCUT2D eigenvalue weighted by Gasteiger charge is 2.12. The molecule has 2 N–H and O–H groups in total. The minimum atomic E-state index is 0. The van der Waals surface area contributed by atoms with Crippen molar-refractivity contribution < 1.29 is 0 Å². The maximum atomic E-state index is 5.54. The molecule has 78 valence electrons. The summed E-state index contributed by atoms with van der Waals surface area (Å²) in [6.45, 7) is 2.81. The van der Waals surface area contributed by atoms with Crippen molar-refractivity contribution in [3.63, 3.8) is 0 Å². The second-order valence-corrected chi connectivity index (χ2v) is 3.39. The third-order valence-electron chi connectivity index (χ3n) is 2.43. The highest BCUT2D eigenvalue weighted by molar-refractivity contribution is 5.85. The molecule has 0 atom stereocenters. The lowest BCUT2D eigenvalue weighted by Crippen LogP contribution is -2.19. The van der Waals surface area contributed by atoms with Crippen LogP contribution in [0.4, 0.5) is 5.82 Å². The first kappa shape index (κ1) is 11.3. The summed E-state index contributed by atoms with van der Waals surface area (Å²) in [5.41, 5.74) is 6.51. The summed E-state index contributed by atoms with van der Waals surface area (Å²) in [6.07, 6.45) is 2.57. The second-order valence-electron chi connectivity index (χ2n) is 3.39. The zero-order valence-electron chi connectivity index (χ0n) is 8.15. The molecular weight excluding hydrogens is 198 g/mol. The molecule has 1 saturated heterocycles. The van der Waals surface area contributed by atoms with Crippen molar-refractivity contribution in [1.29, 1.82) is 0 Å². The van der Waals surface area contributed by atoms with Gasteiger partial charge in [0, 0.05) is 19.6 Å². The van der Waals surface area contributed by atoms with Crippen LogP contribution >= 0.6 is 12.4 Å². The van der Waals surface area contributed by atoms with Crippen LogP contribution in [0.3, 0.4) is 0 Å². The highest BCUT2D eigenvalue weighted by atomic mass is 35.5. The average Bonchev–Trinajstić information content (AvgIpc) is 2.71. The predicted octanol–water partition coefficient (Wildman–Crippen LogP) is 1.56. The van der Waals surface area contributed by atoms with Crippen LogP contribution in [0.15, 0.2) is 18.2 Å². The normalized spacial score (nSPS) is 15.4. The summed E-state index contributed by atoms with van der Waals surface area (Å²) in [5.74, 6) is 1.08. The Morgan fingerprint density at radius 3 is 2.64 bits per heavy atom. The Labute approximate surface area is 90.7 Å². The molecule has 14 heavy (non-hydrogen) atoms. The van der Waals surface area contributed by atoms with Gasteiger partial charge in [-0.2, -0.15) is 0 Å². The van der Waals surface area contributed by atoms with E-state index in [0.29, 0.717) is 6.54 Å². The van der Waals surface area contributed by atoms with Crippen LogP contribution < -0.4 is 10.6 Å². The number of nitrogens with zero attached hydrogens (tertiary/aromatic N) is 2. The van der Waals surface area contributed by atoms with Crippen molar-refractivity contribution in [2.24, 2.45) is 5.73 Å². The van der Waals surface area contributed by atoms with Gasteiger partial charge in [-0.25, -0.2) is 4.98 Å². The Kier molecular flexibility index (Phi) is 4.17. The van der Waals surface area contributed by atoms with Crippen LogP contribution in [-0.2, 0) is 6.54 Å². The third kappa shape index (κ3) is 2.36. The first-order chi connectivity index (χ1) is 6.40. The molecule has 3 nitrogen and oxygen atoms in total. The number of rotatable bonds is 2. The van der Waals surface area contributed by atoms with E-state index in [-0.39, 0.29) is 12.4 Å². The van der Waals surface area contributed by atoms with Gasteiger partial charge in [0.05, 0.1) is 5.69 Å². The molecular formula is C10H16ClN3. The molecule has 1 aromatic rings. The fourth-order valence-electron chi connectivity index (χ4n) is 1.70. The first-order valence-electron chi connectivity index (χ1n) is 4.81. The van der Waals surface area contributed by atoms with Crippen molar-refractivity contribution in [3.8, 4) is 0 Å². The summed E-state index contributed by atoms with van der Waals surface area (Å²) in [7, 11) is 0. The van der Waals surface area contributed by atoms with E-state index in [1.165, 1.54) is 12.8 Å². The Hall–Kier alpha value is -0.800. The number of halogens is 1. The van der Waals surface area contributed by atoms with E-state index in [1.54, 1.807) is 0 Å². The molecule has 1 fully saturated rings. The first-order valence-corrected chi connectivity index (χ1v) is 4.81. The standard InChI is InChI=1S/C10H15N3.ClH/c11-8-9-4-3-5-10(12-9)13-6-1-2-7-13;/h3-5H,1-2,6-8,11H2;1H. The van der Waals surface area contributed by atoms with Gasteiger partial charge >= 0.3 is 0 Å². The van der Waals surface area contributed by atoms with Crippen LogP contribution in [0.1, 0.15) is 18.5 Å². The van der Waals surface area contributed by atoms with E-state index in [0.717, 1.165) is 24.6 Å². The van der Waals surface area contributed by atoms with Gasteiger partial charge in [0.15, 0.2) is 0 Å². The van der Waals surface area contributed by atoms with Crippen molar-refractivity contribution in [2.75, 3.05) is 18.0 Å². The Bertz CT molecular complexity index is 284. The monoisotopic (exact) mass is 213 g/mol. The average molecular weight is 214 g/mol. The summed E-state index contributed by atoms with van der Waals surface area (Å²) >= 11 is 0. The Morgan fingerprint density at radius 2 is 2.00 bits per heavy atom. The Balaban J connectivity index is 0.000000980. The van der Waals surface area contributed by atoms with Gasteiger partial charge in [-0.15, -0.1) is 12.4 Å². The van der Waals surface area contributed by atoms with Crippen LogP contribution in [0.5, 0.6) is 0 Å². The molecule has 0 bridgehead atoms. The van der Waals surface area contributed by atoms with Crippen molar-refractivity contribution in [1.82, 2.24) is 4.98 Å².